The van der Waals surface area contributed by atoms with Crippen molar-refractivity contribution >= 4 is 33.3 Å². The average Bonchev–Trinajstić information content (AvgIpc) is 2.82. The molecule has 0 aromatic carbocycles. The van der Waals surface area contributed by atoms with Crippen LogP contribution in [0.25, 0.3) is 10.2 Å². The predicted molar refractivity (Wildman–Crippen MR) is 95.0 cm³/mol. The van der Waals surface area contributed by atoms with Gasteiger partial charge < -0.3 is 4.74 Å². The lowest BCUT2D eigenvalue weighted by Crippen LogP contribution is -2.31. The number of aryl methyl sites for hydroxylation is 1. The summed E-state index contributed by atoms with van der Waals surface area (Å²) in [5.74, 6) is 2.05. The first-order valence-electron chi connectivity index (χ1n) is 8.12. The maximum atomic E-state index is 5.97. The average molecular weight is 337 g/mol. The van der Waals surface area contributed by atoms with Gasteiger partial charge in [-0.05, 0) is 31.6 Å². The highest BCUT2D eigenvalue weighted by Gasteiger charge is 2.30. The second-order valence-corrected chi connectivity index (χ2v) is 8.73. The molecular formula is C17H24N2OS2. The van der Waals surface area contributed by atoms with E-state index in [1.807, 2.05) is 11.8 Å². The fourth-order valence-corrected chi connectivity index (χ4v) is 4.84. The van der Waals surface area contributed by atoms with Crippen molar-refractivity contribution in [1.29, 1.82) is 0 Å². The monoisotopic (exact) mass is 336 g/mol. The molecule has 3 heterocycles. The van der Waals surface area contributed by atoms with Crippen molar-refractivity contribution < 1.29 is 4.74 Å². The minimum absolute atomic E-state index is 0.0873. The standard InChI is InChI=1S/C17H24N2OS2/c1-5-7-8-13-18-15(21-6-2)14-11-9-17(3,4)20-10-12(11)22-16(14)19-13/h5-10H2,1-4H3. The van der Waals surface area contributed by atoms with Gasteiger partial charge in [-0.15, -0.1) is 23.1 Å². The summed E-state index contributed by atoms with van der Waals surface area (Å²) in [5, 5.41) is 2.47. The quantitative estimate of drug-likeness (QED) is 0.569. The number of hydrogen-bond donors (Lipinski definition) is 0. The van der Waals surface area contributed by atoms with Crippen LogP contribution >= 0.6 is 23.1 Å². The minimum Gasteiger partial charge on any atom is -0.370 e. The predicted octanol–water partition coefficient (Wildman–Crippen LogP) is 5.00. The highest BCUT2D eigenvalue weighted by Crippen LogP contribution is 2.41. The van der Waals surface area contributed by atoms with E-state index in [-0.39, 0.29) is 5.60 Å². The Labute approximate surface area is 140 Å². The third kappa shape index (κ3) is 3.17. The Balaban J connectivity index is 2.10. The van der Waals surface area contributed by atoms with E-state index in [9.17, 15) is 0 Å². The molecule has 0 fully saturated rings. The van der Waals surface area contributed by atoms with Gasteiger partial charge in [0.2, 0.25) is 0 Å². The van der Waals surface area contributed by atoms with Crippen molar-refractivity contribution in [3.05, 3.63) is 16.3 Å². The van der Waals surface area contributed by atoms with E-state index in [0.29, 0.717) is 6.61 Å². The molecule has 0 N–H and O–H groups in total. The zero-order valence-electron chi connectivity index (χ0n) is 13.9. The molecule has 1 aliphatic heterocycles. The molecule has 0 radical (unpaired) electrons. The van der Waals surface area contributed by atoms with Gasteiger partial charge in [-0.2, -0.15) is 0 Å². The summed E-state index contributed by atoms with van der Waals surface area (Å²) in [6.07, 6.45) is 4.27. The zero-order valence-corrected chi connectivity index (χ0v) is 15.5. The lowest BCUT2D eigenvalue weighted by molar-refractivity contribution is -0.0379. The Bertz CT molecular complexity index is 679. The smallest absolute Gasteiger partial charge is 0.131 e. The Hall–Kier alpha value is -0.650. The number of thiophene rings is 1. The van der Waals surface area contributed by atoms with Gasteiger partial charge in [-0.25, -0.2) is 9.97 Å². The summed E-state index contributed by atoms with van der Waals surface area (Å²) in [6.45, 7) is 9.45. The number of aromatic nitrogens is 2. The highest BCUT2D eigenvalue weighted by molar-refractivity contribution is 7.99. The van der Waals surface area contributed by atoms with Crippen LogP contribution in [-0.4, -0.2) is 21.3 Å². The molecule has 0 saturated heterocycles. The molecule has 0 bridgehead atoms. The molecule has 3 nitrogen and oxygen atoms in total. The molecule has 3 rings (SSSR count). The first-order valence-corrected chi connectivity index (χ1v) is 9.92. The second-order valence-electron chi connectivity index (χ2n) is 6.39. The van der Waals surface area contributed by atoms with E-state index in [2.05, 4.69) is 27.7 Å². The molecule has 5 heteroatoms. The molecule has 2 aromatic heterocycles. The van der Waals surface area contributed by atoms with E-state index in [1.54, 1.807) is 11.3 Å². The maximum Gasteiger partial charge on any atom is 0.131 e. The zero-order chi connectivity index (χ0) is 15.7. The first kappa shape index (κ1) is 16.2. The molecule has 0 saturated carbocycles. The summed E-state index contributed by atoms with van der Waals surface area (Å²) >= 11 is 3.64. The number of ether oxygens (including phenoxy) is 1. The summed E-state index contributed by atoms with van der Waals surface area (Å²) < 4.78 is 5.97. The van der Waals surface area contributed by atoms with Gasteiger partial charge in [-0.3, -0.25) is 0 Å². The third-order valence-corrected chi connectivity index (χ3v) is 5.94. The van der Waals surface area contributed by atoms with Gasteiger partial charge in [0.25, 0.3) is 0 Å². The first-order chi connectivity index (χ1) is 10.5. The normalized spacial score (nSPS) is 16.9. The van der Waals surface area contributed by atoms with Gasteiger partial charge in [0.05, 0.1) is 12.2 Å². The van der Waals surface area contributed by atoms with E-state index in [0.717, 1.165) is 35.7 Å². The van der Waals surface area contributed by atoms with Crippen LogP contribution in [0.3, 0.4) is 0 Å². The van der Waals surface area contributed by atoms with Crippen molar-refractivity contribution in [3.8, 4) is 0 Å². The minimum atomic E-state index is -0.0873. The summed E-state index contributed by atoms with van der Waals surface area (Å²) in [4.78, 5) is 12.2. The molecule has 1 aliphatic rings. The number of fused-ring (bicyclic) bond motifs is 3. The van der Waals surface area contributed by atoms with Crippen molar-refractivity contribution in [2.75, 3.05) is 5.75 Å². The van der Waals surface area contributed by atoms with Crippen molar-refractivity contribution in [3.63, 3.8) is 0 Å². The molecule has 22 heavy (non-hydrogen) atoms. The Morgan fingerprint density at radius 2 is 2.09 bits per heavy atom. The van der Waals surface area contributed by atoms with E-state index >= 15 is 0 Å². The number of thioether (sulfide) groups is 1. The lowest BCUT2D eigenvalue weighted by Gasteiger charge is -2.30. The molecule has 120 valence electrons. The molecule has 2 aromatic rings. The van der Waals surface area contributed by atoms with E-state index in [4.69, 9.17) is 14.7 Å². The van der Waals surface area contributed by atoms with Gasteiger partial charge in [-0.1, -0.05) is 20.3 Å². The molecular weight excluding hydrogens is 312 g/mol. The van der Waals surface area contributed by atoms with Gasteiger partial charge in [0.1, 0.15) is 15.7 Å². The van der Waals surface area contributed by atoms with Gasteiger partial charge >= 0.3 is 0 Å². The van der Waals surface area contributed by atoms with Crippen LogP contribution in [0.5, 0.6) is 0 Å². The third-order valence-electron chi connectivity index (χ3n) is 3.98. The second kappa shape index (κ2) is 6.46. The van der Waals surface area contributed by atoms with Crippen LogP contribution in [0.15, 0.2) is 5.03 Å². The largest absolute Gasteiger partial charge is 0.370 e. The van der Waals surface area contributed by atoms with Crippen LogP contribution in [0.4, 0.5) is 0 Å². The number of hydrogen-bond acceptors (Lipinski definition) is 5. The van der Waals surface area contributed by atoms with Gasteiger partial charge in [0, 0.05) is 23.1 Å². The Morgan fingerprint density at radius 1 is 1.27 bits per heavy atom. The molecule has 0 unspecified atom stereocenters. The van der Waals surface area contributed by atoms with Crippen LogP contribution in [-0.2, 0) is 24.2 Å². The van der Waals surface area contributed by atoms with Gasteiger partial charge in [0.15, 0.2) is 0 Å². The number of unbranched alkanes of at least 4 members (excludes halogenated alkanes) is 1. The lowest BCUT2D eigenvalue weighted by atomic mass is 9.94. The van der Waals surface area contributed by atoms with Crippen molar-refractivity contribution in [2.24, 2.45) is 0 Å². The van der Waals surface area contributed by atoms with Crippen LogP contribution in [0.2, 0.25) is 0 Å². The number of nitrogens with zero attached hydrogens (tertiary/aromatic N) is 2. The summed E-state index contributed by atoms with van der Waals surface area (Å²) in [6, 6.07) is 0. The summed E-state index contributed by atoms with van der Waals surface area (Å²) in [5.41, 5.74) is 1.34. The fourth-order valence-electron chi connectivity index (χ4n) is 2.84. The summed E-state index contributed by atoms with van der Waals surface area (Å²) in [7, 11) is 0. The molecule has 0 atom stereocenters. The maximum absolute atomic E-state index is 5.97. The fraction of sp³-hybridized carbons (Fsp3) is 0.647. The van der Waals surface area contributed by atoms with Crippen molar-refractivity contribution in [2.45, 2.75) is 70.6 Å². The molecule has 0 spiro atoms. The molecule has 0 aliphatic carbocycles. The number of rotatable bonds is 5. The van der Waals surface area contributed by atoms with Crippen LogP contribution < -0.4 is 0 Å². The molecule has 0 amide bonds. The Morgan fingerprint density at radius 3 is 2.82 bits per heavy atom. The SMILES string of the molecule is CCCCc1nc(SCC)c2c3c(sc2n1)COC(C)(C)C3. The van der Waals surface area contributed by atoms with Crippen LogP contribution in [0, 0.1) is 0 Å². The van der Waals surface area contributed by atoms with Crippen molar-refractivity contribution in [1.82, 2.24) is 9.97 Å². The van der Waals surface area contributed by atoms with E-state index < -0.39 is 0 Å². The van der Waals surface area contributed by atoms with E-state index in [1.165, 1.54) is 27.3 Å². The highest BCUT2D eigenvalue weighted by atomic mass is 32.2. The van der Waals surface area contributed by atoms with Crippen LogP contribution in [0.1, 0.15) is 56.8 Å². The Kier molecular flexibility index (Phi) is 4.76. The topological polar surface area (TPSA) is 35.0 Å².